The van der Waals surface area contributed by atoms with Gasteiger partial charge in [-0.05, 0) is 61.4 Å². The summed E-state index contributed by atoms with van der Waals surface area (Å²) in [4.78, 5) is 42.2. The van der Waals surface area contributed by atoms with E-state index in [1.807, 2.05) is 19.9 Å². The fraction of sp³-hybridized carbons (Fsp3) is 0.233. The van der Waals surface area contributed by atoms with Crippen LogP contribution in [0.4, 0.5) is 10.1 Å². The van der Waals surface area contributed by atoms with E-state index in [2.05, 4.69) is 20.3 Å². The van der Waals surface area contributed by atoms with Gasteiger partial charge in [0.15, 0.2) is 5.16 Å². The zero-order valence-corrected chi connectivity index (χ0v) is 23.9. The van der Waals surface area contributed by atoms with Crippen LogP contribution in [0.3, 0.4) is 0 Å². The molecule has 0 aliphatic heterocycles. The molecule has 2 amide bonds. The number of nitrogens with zero attached hydrogens (tertiary/aromatic N) is 4. The second-order valence-corrected chi connectivity index (χ2v) is 10.1. The zero-order valence-electron chi connectivity index (χ0n) is 23.1. The molecule has 0 bridgehead atoms. The minimum absolute atomic E-state index is 0.0475. The summed E-state index contributed by atoms with van der Waals surface area (Å²) in [5.41, 5.74) is 2.94. The first-order chi connectivity index (χ1) is 19.8. The highest BCUT2D eigenvalue weighted by molar-refractivity contribution is 7.99. The van der Waals surface area contributed by atoms with Crippen molar-refractivity contribution in [1.82, 2.24) is 19.9 Å². The molecule has 1 unspecified atom stereocenters. The number of aromatic nitrogens is 3. The fourth-order valence-electron chi connectivity index (χ4n) is 4.23. The van der Waals surface area contributed by atoms with Gasteiger partial charge >= 0.3 is 0 Å². The van der Waals surface area contributed by atoms with Crippen LogP contribution in [0.15, 0.2) is 78.2 Å². The van der Waals surface area contributed by atoms with Gasteiger partial charge in [0.2, 0.25) is 5.91 Å². The van der Waals surface area contributed by atoms with Gasteiger partial charge in [-0.2, -0.15) is 0 Å². The number of amides is 2. The van der Waals surface area contributed by atoms with Gasteiger partial charge in [0.1, 0.15) is 23.4 Å². The van der Waals surface area contributed by atoms with E-state index in [1.54, 1.807) is 48.8 Å². The van der Waals surface area contributed by atoms with Crippen molar-refractivity contribution in [2.45, 2.75) is 31.6 Å². The molecular formula is C30H30FN5O4S. The van der Waals surface area contributed by atoms with Crippen LogP contribution in [-0.2, 0) is 16.1 Å². The topological polar surface area (TPSA) is 107 Å². The third kappa shape index (κ3) is 7.79. The fourth-order valence-corrected chi connectivity index (χ4v) is 5.07. The van der Waals surface area contributed by atoms with Crippen LogP contribution in [0.25, 0.3) is 0 Å². The van der Waals surface area contributed by atoms with Crippen LogP contribution >= 0.6 is 11.8 Å². The Morgan fingerprint density at radius 1 is 1.00 bits per heavy atom. The van der Waals surface area contributed by atoms with Crippen molar-refractivity contribution in [3.63, 3.8) is 0 Å². The third-order valence-electron chi connectivity index (χ3n) is 6.07. The Morgan fingerprint density at radius 2 is 1.78 bits per heavy atom. The average molecular weight is 576 g/mol. The number of halogens is 1. The van der Waals surface area contributed by atoms with Gasteiger partial charge < -0.3 is 19.7 Å². The average Bonchev–Trinajstić information content (AvgIpc) is 2.96. The smallest absolute Gasteiger partial charge is 0.251 e. The molecule has 11 heteroatoms. The molecule has 1 N–H and O–H groups in total. The monoisotopic (exact) mass is 575 g/mol. The molecular weight excluding hydrogens is 545 g/mol. The highest BCUT2D eigenvalue weighted by Gasteiger charge is 2.33. The van der Waals surface area contributed by atoms with Crippen LogP contribution in [0, 0.1) is 19.7 Å². The Morgan fingerprint density at radius 3 is 2.44 bits per heavy atom. The number of thioether (sulfide) groups is 1. The molecule has 1 atom stereocenters. The van der Waals surface area contributed by atoms with Crippen molar-refractivity contribution in [1.29, 1.82) is 0 Å². The molecule has 9 nitrogen and oxygen atoms in total. The first kappa shape index (κ1) is 29.5. The van der Waals surface area contributed by atoms with E-state index in [0.29, 0.717) is 33.5 Å². The van der Waals surface area contributed by atoms with Gasteiger partial charge in [-0.3, -0.25) is 14.6 Å². The molecule has 2 aromatic heterocycles. The van der Waals surface area contributed by atoms with Crippen LogP contribution < -0.4 is 14.8 Å². The van der Waals surface area contributed by atoms with Crippen molar-refractivity contribution in [2.75, 3.05) is 25.3 Å². The van der Waals surface area contributed by atoms with E-state index in [4.69, 9.17) is 9.47 Å². The second kappa shape index (κ2) is 13.7. The van der Waals surface area contributed by atoms with Crippen molar-refractivity contribution in [3.05, 3.63) is 101 Å². The lowest BCUT2D eigenvalue weighted by atomic mass is 10.0. The number of carbonyl (C=O) groups is 2. The minimum Gasteiger partial charge on any atom is -0.497 e. The molecule has 0 radical (unpaired) electrons. The summed E-state index contributed by atoms with van der Waals surface area (Å²) in [6.45, 7) is 3.76. The molecule has 41 heavy (non-hydrogen) atoms. The second-order valence-electron chi connectivity index (χ2n) is 9.12. The molecule has 0 fully saturated rings. The quantitative estimate of drug-likeness (QED) is 0.193. The highest BCUT2D eigenvalue weighted by Crippen LogP contribution is 2.32. The predicted octanol–water partition coefficient (Wildman–Crippen LogP) is 5.15. The molecule has 2 aromatic carbocycles. The molecule has 0 aliphatic carbocycles. The predicted molar refractivity (Wildman–Crippen MR) is 154 cm³/mol. The number of hydrogen-bond donors (Lipinski definition) is 1. The first-order valence-electron chi connectivity index (χ1n) is 12.7. The molecule has 2 heterocycles. The van der Waals surface area contributed by atoms with Gasteiger partial charge in [-0.15, -0.1) is 0 Å². The molecule has 212 valence electrons. The number of aryl methyl sites for hydroxylation is 2. The number of rotatable bonds is 11. The van der Waals surface area contributed by atoms with Crippen LogP contribution in [0.1, 0.15) is 28.6 Å². The van der Waals surface area contributed by atoms with E-state index < -0.39 is 17.8 Å². The lowest BCUT2D eigenvalue weighted by Gasteiger charge is -2.31. The minimum atomic E-state index is -1.19. The summed E-state index contributed by atoms with van der Waals surface area (Å²) in [6, 6.07) is 14.8. The Kier molecular flexibility index (Phi) is 9.86. The number of anilines is 1. The van der Waals surface area contributed by atoms with E-state index in [0.717, 1.165) is 11.4 Å². The van der Waals surface area contributed by atoms with Crippen LogP contribution in [0.5, 0.6) is 11.5 Å². The van der Waals surface area contributed by atoms with Crippen molar-refractivity contribution >= 4 is 29.3 Å². The van der Waals surface area contributed by atoms with Gasteiger partial charge in [-0.1, -0.05) is 30.0 Å². The Labute approximate surface area is 242 Å². The zero-order chi connectivity index (χ0) is 29.4. The molecule has 4 aromatic rings. The van der Waals surface area contributed by atoms with E-state index in [1.165, 1.54) is 49.1 Å². The third-order valence-corrected chi connectivity index (χ3v) is 6.91. The largest absolute Gasteiger partial charge is 0.497 e. The van der Waals surface area contributed by atoms with Gasteiger partial charge in [0.05, 0.1) is 25.7 Å². The van der Waals surface area contributed by atoms with E-state index >= 15 is 0 Å². The molecule has 0 saturated carbocycles. The normalized spacial score (nSPS) is 11.4. The van der Waals surface area contributed by atoms with E-state index in [9.17, 15) is 14.0 Å². The van der Waals surface area contributed by atoms with E-state index in [-0.39, 0.29) is 18.2 Å². The summed E-state index contributed by atoms with van der Waals surface area (Å²) < 4.78 is 25.2. The summed E-state index contributed by atoms with van der Waals surface area (Å²) in [5.74, 6) is -0.594. The first-order valence-corrected chi connectivity index (χ1v) is 13.7. The standard InChI is InChI=1S/C30H30FN5O4S/c1-19-13-20(2)34-30(33-19)41-18-27(37)36(17-21-7-6-12-32-16-21)28(22-8-5-9-23(31)14-22)29(38)35-25-11-10-24(39-3)15-26(25)40-4/h5-16,28H,17-18H2,1-4H3,(H,35,38). The molecule has 0 aliphatic rings. The molecule has 0 spiro atoms. The number of pyridine rings is 1. The maximum Gasteiger partial charge on any atom is 0.251 e. The Bertz CT molecular complexity index is 1500. The lowest BCUT2D eigenvalue weighted by Crippen LogP contribution is -2.42. The Balaban J connectivity index is 1.72. The SMILES string of the molecule is COc1ccc(NC(=O)C(c2cccc(F)c2)N(Cc2cccnc2)C(=O)CSc2nc(C)cc(C)n2)c(OC)c1. The van der Waals surface area contributed by atoms with Crippen LogP contribution in [-0.4, -0.2) is 51.6 Å². The number of methoxy groups -OCH3 is 2. The Hall–Kier alpha value is -4.51. The summed E-state index contributed by atoms with van der Waals surface area (Å²) in [7, 11) is 3.00. The summed E-state index contributed by atoms with van der Waals surface area (Å²) >= 11 is 1.17. The number of benzene rings is 2. The van der Waals surface area contributed by atoms with Gasteiger partial charge in [-0.25, -0.2) is 14.4 Å². The summed E-state index contributed by atoms with van der Waals surface area (Å²) in [5, 5.41) is 3.31. The molecule has 4 rings (SSSR count). The summed E-state index contributed by atoms with van der Waals surface area (Å²) in [6.07, 6.45) is 3.24. The maximum absolute atomic E-state index is 14.5. The highest BCUT2D eigenvalue weighted by atomic mass is 32.2. The van der Waals surface area contributed by atoms with Gasteiger partial charge in [0.25, 0.3) is 5.91 Å². The number of carbonyl (C=O) groups excluding carboxylic acids is 2. The maximum atomic E-state index is 14.5. The number of ether oxygens (including phenoxy) is 2. The van der Waals surface area contributed by atoms with Gasteiger partial charge in [0, 0.05) is 36.4 Å². The lowest BCUT2D eigenvalue weighted by molar-refractivity contribution is -0.137. The van der Waals surface area contributed by atoms with Crippen LogP contribution in [0.2, 0.25) is 0 Å². The molecule has 0 saturated heterocycles. The van der Waals surface area contributed by atoms with Crippen molar-refractivity contribution < 1.29 is 23.5 Å². The van der Waals surface area contributed by atoms with Crippen molar-refractivity contribution in [3.8, 4) is 11.5 Å². The number of nitrogens with one attached hydrogen (secondary N) is 1. The number of hydrogen-bond acceptors (Lipinski definition) is 8. The van der Waals surface area contributed by atoms with Crippen molar-refractivity contribution in [2.24, 2.45) is 0 Å².